The maximum atomic E-state index is 9.82. The first-order chi connectivity index (χ1) is 4.68. The van der Waals surface area contributed by atoms with Gasteiger partial charge >= 0.3 is 5.97 Å². The molecular formula is C6H12Cl2O2. The van der Waals surface area contributed by atoms with Gasteiger partial charge < -0.3 is 4.74 Å². The molecule has 0 spiro atoms. The van der Waals surface area contributed by atoms with E-state index in [-0.39, 0.29) is 5.97 Å². The molecule has 0 unspecified atom stereocenters. The number of halogens is 2. The first-order valence-electron chi connectivity index (χ1n) is 2.94. The Labute approximate surface area is 71.5 Å². The average molecular weight is 187 g/mol. The van der Waals surface area contributed by atoms with Crippen LogP contribution in [0.25, 0.3) is 0 Å². The van der Waals surface area contributed by atoms with Gasteiger partial charge in [0.05, 0.1) is 6.61 Å². The zero-order valence-electron chi connectivity index (χ0n) is 6.19. The Bertz CT molecular complexity index is 74.1. The van der Waals surface area contributed by atoms with E-state index in [0.717, 1.165) is 0 Å². The second kappa shape index (κ2) is 11.8. The van der Waals surface area contributed by atoms with Crippen LogP contribution in [0.5, 0.6) is 0 Å². The molecule has 0 heterocycles. The summed E-state index contributed by atoms with van der Waals surface area (Å²) in [6.45, 7) is 3.65. The van der Waals surface area contributed by atoms with Gasteiger partial charge in [-0.05, 0) is 6.92 Å². The third-order valence-corrected chi connectivity index (χ3v) is 0.990. The summed E-state index contributed by atoms with van der Waals surface area (Å²) < 4.78 is 4.40. The van der Waals surface area contributed by atoms with Crippen LogP contribution in [0.1, 0.15) is 13.8 Å². The lowest BCUT2D eigenvalue weighted by Gasteiger charge is -1.89. The van der Waals surface area contributed by atoms with Crippen LogP contribution < -0.4 is 0 Å². The molecule has 0 fully saturated rings. The predicted molar refractivity (Wildman–Crippen MR) is 43.7 cm³/mol. The molecule has 0 saturated carbocycles. The van der Waals surface area contributed by atoms with Gasteiger partial charge in [0.2, 0.25) is 0 Å². The molecule has 0 amide bonds. The molecule has 2 nitrogen and oxygen atoms in total. The third kappa shape index (κ3) is 24.4. The first kappa shape index (κ1) is 12.7. The number of carbonyl (C=O) groups excluding carboxylic acids is 1. The molecule has 10 heavy (non-hydrogen) atoms. The Kier molecular flexibility index (Phi) is 15.0. The maximum absolute atomic E-state index is 9.82. The fourth-order valence-corrected chi connectivity index (χ4v) is 0.203. The Morgan fingerprint density at radius 3 is 1.80 bits per heavy atom. The highest BCUT2D eigenvalue weighted by molar-refractivity contribution is 6.25. The minimum atomic E-state index is -0.211. The predicted octanol–water partition coefficient (Wildman–Crippen LogP) is 2.03. The quantitative estimate of drug-likeness (QED) is 0.488. The van der Waals surface area contributed by atoms with Gasteiger partial charge in [0, 0.05) is 18.7 Å². The van der Waals surface area contributed by atoms with E-state index in [2.05, 4.69) is 4.74 Å². The van der Waals surface area contributed by atoms with E-state index < -0.39 is 0 Å². The molecule has 0 saturated heterocycles. The van der Waals surface area contributed by atoms with Crippen molar-refractivity contribution >= 4 is 29.2 Å². The van der Waals surface area contributed by atoms with Crippen molar-refractivity contribution in [1.29, 1.82) is 0 Å². The van der Waals surface area contributed by atoms with Crippen molar-refractivity contribution in [3.63, 3.8) is 0 Å². The Hall–Kier alpha value is 0.0500. The van der Waals surface area contributed by atoms with E-state index in [9.17, 15) is 4.79 Å². The Morgan fingerprint density at radius 1 is 1.40 bits per heavy atom. The summed E-state index contributed by atoms with van der Waals surface area (Å²) in [6.07, 6.45) is 0. The average Bonchev–Trinajstić information content (AvgIpc) is 1.89. The highest BCUT2D eigenvalue weighted by Crippen LogP contribution is 1.75. The summed E-state index contributed by atoms with van der Waals surface area (Å²) in [4.78, 5) is 9.82. The van der Waals surface area contributed by atoms with Crippen molar-refractivity contribution in [2.75, 3.05) is 18.4 Å². The molecule has 0 N–H and O–H groups in total. The summed E-state index contributed by atoms with van der Waals surface area (Å²) in [6, 6.07) is 0. The number of hydrogen-bond donors (Lipinski definition) is 0. The largest absolute Gasteiger partial charge is 0.466 e. The van der Waals surface area contributed by atoms with E-state index in [1.54, 1.807) is 6.92 Å². The second-order valence-corrected chi connectivity index (χ2v) is 2.06. The molecule has 0 aromatic carbocycles. The molecule has 0 radical (unpaired) electrons. The summed E-state index contributed by atoms with van der Waals surface area (Å²) >= 11 is 10.1. The zero-order valence-corrected chi connectivity index (χ0v) is 7.71. The molecule has 0 aliphatic rings. The number of esters is 1. The van der Waals surface area contributed by atoms with E-state index in [0.29, 0.717) is 18.4 Å². The summed E-state index contributed by atoms with van der Waals surface area (Å²) in [5, 5.41) is 0. The lowest BCUT2D eigenvalue weighted by Crippen LogP contribution is -1.95. The highest BCUT2D eigenvalue weighted by atomic mass is 35.5. The Balaban J connectivity index is 0. The van der Waals surface area contributed by atoms with Crippen molar-refractivity contribution in [2.24, 2.45) is 0 Å². The first-order valence-corrected chi connectivity index (χ1v) is 4.01. The number of ether oxygens (including phenoxy) is 1. The maximum Gasteiger partial charge on any atom is 0.302 e. The van der Waals surface area contributed by atoms with Crippen molar-refractivity contribution in [3.05, 3.63) is 0 Å². The molecule has 0 atom stereocenters. The van der Waals surface area contributed by atoms with Crippen LogP contribution in [0, 0.1) is 0 Å². The van der Waals surface area contributed by atoms with Crippen molar-refractivity contribution in [1.82, 2.24) is 0 Å². The molecular weight excluding hydrogens is 175 g/mol. The second-order valence-electron chi connectivity index (χ2n) is 1.30. The number of alkyl halides is 2. The normalized spacial score (nSPS) is 7.60. The van der Waals surface area contributed by atoms with Gasteiger partial charge in [0.25, 0.3) is 0 Å². The van der Waals surface area contributed by atoms with E-state index >= 15 is 0 Å². The lowest BCUT2D eigenvalue weighted by atomic mass is 10.8. The van der Waals surface area contributed by atoms with Crippen molar-refractivity contribution < 1.29 is 9.53 Å². The molecule has 0 aliphatic heterocycles. The number of hydrogen-bond acceptors (Lipinski definition) is 2. The van der Waals surface area contributed by atoms with Gasteiger partial charge in [0.1, 0.15) is 0 Å². The van der Waals surface area contributed by atoms with Crippen LogP contribution in [-0.2, 0) is 9.53 Å². The molecule has 0 aliphatic carbocycles. The van der Waals surface area contributed by atoms with E-state index in [1.165, 1.54) is 6.92 Å². The van der Waals surface area contributed by atoms with Gasteiger partial charge in [-0.25, -0.2) is 0 Å². The molecule has 0 bridgehead atoms. The SMILES string of the molecule is CCOC(C)=O.ClCCCl. The smallest absolute Gasteiger partial charge is 0.302 e. The summed E-state index contributed by atoms with van der Waals surface area (Å²) in [7, 11) is 0. The summed E-state index contributed by atoms with van der Waals surface area (Å²) in [5.74, 6) is 0.904. The molecule has 62 valence electrons. The van der Waals surface area contributed by atoms with Crippen molar-refractivity contribution in [2.45, 2.75) is 13.8 Å². The fourth-order valence-electron chi connectivity index (χ4n) is 0.203. The Morgan fingerprint density at radius 2 is 1.80 bits per heavy atom. The van der Waals surface area contributed by atoms with Gasteiger partial charge in [0.15, 0.2) is 0 Å². The van der Waals surface area contributed by atoms with Crippen LogP contribution in [0.4, 0.5) is 0 Å². The third-order valence-electron chi connectivity index (χ3n) is 0.419. The monoisotopic (exact) mass is 186 g/mol. The van der Waals surface area contributed by atoms with E-state index in [4.69, 9.17) is 23.2 Å². The highest BCUT2D eigenvalue weighted by Gasteiger charge is 1.81. The van der Waals surface area contributed by atoms with Gasteiger partial charge in [-0.2, -0.15) is 0 Å². The number of rotatable bonds is 2. The molecule has 4 heteroatoms. The zero-order chi connectivity index (χ0) is 8.41. The minimum absolute atomic E-state index is 0.211. The van der Waals surface area contributed by atoms with Gasteiger partial charge in [-0.15, -0.1) is 23.2 Å². The van der Waals surface area contributed by atoms with Crippen molar-refractivity contribution in [3.8, 4) is 0 Å². The lowest BCUT2D eigenvalue weighted by molar-refractivity contribution is -0.140. The molecule has 0 rings (SSSR count). The molecule has 0 aromatic rings. The minimum Gasteiger partial charge on any atom is -0.466 e. The number of carbonyl (C=O) groups is 1. The van der Waals surface area contributed by atoms with Crippen LogP contribution in [0.2, 0.25) is 0 Å². The van der Waals surface area contributed by atoms with Gasteiger partial charge in [-0.3, -0.25) is 4.79 Å². The van der Waals surface area contributed by atoms with E-state index in [1.807, 2.05) is 0 Å². The standard InChI is InChI=1S/C4H8O2.C2H4Cl2/c1-3-6-4(2)5;3-1-2-4/h3H2,1-2H3;1-2H2. The van der Waals surface area contributed by atoms with Crippen LogP contribution in [-0.4, -0.2) is 24.3 Å². The fraction of sp³-hybridized carbons (Fsp3) is 0.833. The molecule has 0 aromatic heterocycles. The topological polar surface area (TPSA) is 26.3 Å². The van der Waals surface area contributed by atoms with Crippen LogP contribution in [0.3, 0.4) is 0 Å². The van der Waals surface area contributed by atoms with Gasteiger partial charge in [-0.1, -0.05) is 0 Å². The van der Waals surface area contributed by atoms with Crippen LogP contribution >= 0.6 is 23.2 Å². The summed E-state index contributed by atoms with van der Waals surface area (Å²) in [5.41, 5.74) is 0. The van der Waals surface area contributed by atoms with Crippen LogP contribution in [0.15, 0.2) is 0 Å².